The van der Waals surface area contributed by atoms with E-state index < -0.39 is 0 Å². The van der Waals surface area contributed by atoms with Crippen LogP contribution in [0.2, 0.25) is 0 Å². The van der Waals surface area contributed by atoms with Gasteiger partial charge < -0.3 is 4.74 Å². The van der Waals surface area contributed by atoms with E-state index in [1.165, 1.54) is 11.1 Å². The molecule has 0 saturated heterocycles. The van der Waals surface area contributed by atoms with E-state index in [1.54, 1.807) is 7.11 Å². The third-order valence-electron chi connectivity index (χ3n) is 3.01. The summed E-state index contributed by atoms with van der Waals surface area (Å²) in [5, 5.41) is 0. The van der Waals surface area contributed by atoms with Gasteiger partial charge in [0.1, 0.15) is 0 Å². The minimum atomic E-state index is 0.228. The Morgan fingerprint density at radius 1 is 1.06 bits per heavy atom. The van der Waals surface area contributed by atoms with E-state index in [0.717, 1.165) is 6.42 Å². The summed E-state index contributed by atoms with van der Waals surface area (Å²) in [6.07, 6.45) is 10.0. The highest BCUT2D eigenvalue weighted by atomic mass is 16.5. The van der Waals surface area contributed by atoms with Gasteiger partial charge in [0.25, 0.3) is 0 Å². The van der Waals surface area contributed by atoms with Crippen LogP contribution in [0.4, 0.5) is 0 Å². The average molecular weight is 214 g/mol. The molecule has 0 amide bonds. The van der Waals surface area contributed by atoms with Crippen molar-refractivity contribution in [1.82, 2.24) is 0 Å². The summed E-state index contributed by atoms with van der Waals surface area (Å²) in [7, 11) is 1.76. The number of aryl methyl sites for hydroxylation is 1. The molecule has 0 aliphatic heterocycles. The van der Waals surface area contributed by atoms with Gasteiger partial charge in [-0.25, -0.2) is 0 Å². The maximum Gasteiger partial charge on any atom is 0.0786 e. The van der Waals surface area contributed by atoms with E-state index in [-0.39, 0.29) is 6.10 Å². The summed E-state index contributed by atoms with van der Waals surface area (Å²) in [5.74, 6) is 0.390. The van der Waals surface area contributed by atoms with Crippen LogP contribution >= 0.6 is 0 Å². The molecule has 2 unspecified atom stereocenters. The summed E-state index contributed by atoms with van der Waals surface area (Å²) in [5.41, 5.74) is 2.65. The predicted octanol–water partition coefficient (Wildman–Crippen LogP) is 3.61. The van der Waals surface area contributed by atoms with Crippen LogP contribution in [0.15, 0.2) is 48.6 Å². The lowest BCUT2D eigenvalue weighted by molar-refractivity contribution is 0.144. The second-order valence-electron chi connectivity index (χ2n) is 4.26. The molecule has 0 bridgehead atoms. The Labute approximate surface area is 97.4 Å². The highest BCUT2D eigenvalue weighted by molar-refractivity contribution is 5.32. The molecule has 0 radical (unpaired) electrons. The third-order valence-corrected chi connectivity index (χ3v) is 3.01. The van der Waals surface area contributed by atoms with Crippen molar-refractivity contribution in [2.45, 2.75) is 25.4 Å². The van der Waals surface area contributed by atoms with Gasteiger partial charge in [0.15, 0.2) is 0 Å². The number of ether oxygens (including phenoxy) is 1. The molecule has 0 saturated carbocycles. The van der Waals surface area contributed by atoms with Gasteiger partial charge in [0.2, 0.25) is 0 Å². The highest BCUT2D eigenvalue weighted by Gasteiger charge is 2.09. The van der Waals surface area contributed by atoms with Gasteiger partial charge in [0.05, 0.1) is 6.10 Å². The second kappa shape index (κ2) is 5.13. The zero-order valence-electron chi connectivity index (χ0n) is 9.89. The van der Waals surface area contributed by atoms with Crippen LogP contribution in [0.25, 0.3) is 0 Å². The Kier molecular flexibility index (Phi) is 3.58. The molecule has 2 rings (SSSR count). The van der Waals surface area contributed by atoms with Gasteiger partial charge >= 0.3 is 0 Å². The van der Waals surface area contributed by atoms with Gasteiger partial charge in [-0.3, -0.25) is 0 Å². The number of benzene rings is 1. The van der Waals surface area contributed by atoms with Crippen molar-refractivity contribution in [1.29, 1.82) is 0 Å². The third kappa shape index (κ3) is 2.61. The number of rotatable bonds is 2. The lowest BCUT2D eigenvalue weighted by Crippen LogP contribution is -2.03. The zero-order chi connectivity index (χ0) is 11.4. The number of allylic oxidation sites excluding steroid dienone is 2. The van der Waals surface area contributed by atoms with Crippen LogP contribution in [0.1, 0.15) is 23.5 Å². The molecular weight excluding hydrogens is 196 g/mol. The SMILES string of the molecule is COC1C=CC(c2ccc(C)cc2)C=CC1. The predicted molar refractivity (Wildman–Crippen MR) is 67.6 cm³/mol. The van der Waals surface area contributed by atoms with E-state index >= 15 is 0 Å². The molecule has 0 aromatic heterocycles. The lowest BCUT2D eigenvalue weighted by atomic mass is 9.98. The Morgan fingerprint density at radius 3 is 2.50 bits per heavy atom. The number of hydrogen-bond acceptors (Lipinski definition) is 1. The van der Waals surface area contributed by atoms with Gasteiger partial charge in [-0.1, -0.05) is 54.1 Å². The standard InChI is InChI=1S/C15H18O/c1-12-6-8-14(9-7-12)13-4-3-5-15(16-2)11-10-13/h3-4,6-11,13,15H,5H2,1-2H3. The van der Waals surface area contributed by atoms with Crippen molar-refractivity contribution >= 4 is 0 Å². The molecule has 1 aromatic rings. The van der Waals surface area contributed by atoms with Gasteiger partial charge in [-0.15, -0.1) is 0 Å². The van der Waals surface area contributed by atoms with Crippen LogP contribution in [0.5, 0.6) is 0 Å². The Morgan fingerprint density at radius 2 is 1.81 bits per heavy atom. The maximum atomic E-state index is 5.34. The Bertz CT molecular complexity index is 386. The van der Waals surface area contributed by atoms with Crippen molar-refractivity contribution in [2.75, 3.05) is 7.11 Å². The second-order valence-corrected chi connectivity index (χ2v) is 4.26. The number of hydrogen-bond donors (Lipinski definition) is 0. The van der Waals surface area contributed by atoms with Crippen molar-refractivity contribution in [3.05, 3.63) is 59.7 Å². The molecule has 2 atom stereocenters. The summed E-state index contributed by atoms with van der Waals surface area (Å²) in [6, 6.07) is 8.72. The first-order valence-corrected chi connectivity index (χ1v) is 5.74. The smallest absolute Gasteiger partial charge is 0.0786 e. The molecule has 0 heterocycles. The molecule has 84 valence electrons. The van der Waals surface area contributed by atoms with Crippen molar-refractivity contribution < 1.29 is 4.74 Å². The van der Waals surface area contributed by atoms with Crippen LogP contribution in [0, 0.1) is 6.92 Å². The minimum Gasteiger partial charge on any atom is -0.377 e. The van der Waals surface area contributed by atoms with Crippen molar-refractivity contribution in [3.63, 3.8) is 0 Å². The topological polar surface area (TPSA) is 9.23 Å². The number of methoxy groups -OCH3 is 1. The van der Waals surface area contributed by atoms with Crippen LogP contribution in [0.3, 0.4) is 0 Å². The molecule has 1 aliphatic rings. The van der Waals surface area contributed by atoms with Gasteiger partial charge in [0, 0.05) is 13.0 Å². The molecule has 0 N–H and O–H groups in total. The van der Waals surface area contributed by atoms with E-state index in [1.807, 2.05) is 0 Å². The first-order valence-electron chi connectivity index (χ1n) is 5.74. The summed E-state index contributed by atoms with van der Waals surface area (Å²) in [4.78, 5) is 0. The zero-order valence-corrected chi connectivity index (χ0v) is 9.89. The fraction of sp³-hybridized carbons (Fsp3) is 0.333. The van der Waals surface area contributed by atoms with Crippen molar-refractivity contribution in [3.8, 4) is 0 Å². The molecule has 1 nitrogen and oxygen atoms in total. The van der Waals surface area contributed by atoms with E-state index in [9.17, 15) is 0 Å². The van der Waals surface area contributed by atoms with E-state index in [0.29, 0.717) is 5.92 Å². The quantitative estimate of drug-likeness (QED) is 0.683. The Balaban J connectivity index is 2.18. The molecule has 1 heteroatoms. The van der Waals surface area contributed by atoms with Crippen LogP contribution in [-0.2, 0) is 4.74 Å². The molecule has 0 spiro atoms. The summed E-state index contributed by atoms with van der Waals surface area (Å²) < 4.78 is 5.34. The average Bonchev–Trinajstić information content (AvgIpc) is 2.55. The normalized spacial score (nSPS) is 24.4. The van der Waals surface area contributed by atoms with Gasteiger partial charge in [-0.2, -0.15) is 0 Å². The van der Waals surface area contributed by atoms with Crippen LogP contribution in [-0.4, -0.2) is 13.2 Å². The van der Waals surface area contributed by atoms with E-state index in [2.05, 4.69) is 55.5 Å². The van der Waals surface area contributed by atoms with Crippen LogP contribution < -0.4 is 0 Å². The molecule has 1 aliphatic carbocycles. The van der Waals surface area contributed by atoms with E-state index in [4.69, 9.17) is 4.74 Å². The first-order chi connectivity index (χ1) is 7.79. The first kappa shape index (κ1) is 11.2. The summed E-state index contributed by atoms with van der Waals surface area (Å²) >= 11 is 0. The fourth-order valence-corrected chi connectivity index (χ4v) is 1.93. The highest BCUT2D eigenvalue weighted by Crippen LogP contribution is 2.23. The maximum absolute atomic E-state index is 5.34. The monoisotopic (exact) mass is 214 g/mol. The largest absolute Gasteiger partial charge is 0.377 e. The molecule has 0 fully saturated rings. The molecular formula is C15H18O. The van der Waals surface area contributed by atoms with Gasteiger partial charge in [-0.05, 0) is 18.9 Å². The Hall–Kier alpha value is -1.34. The lowest BCUT2D eigenvalue weighted by Gasteiger charge is -2.08. The fourth-order valence-electron chi connectivity index (χ4n) is 1.93. The molecule has 16 heavy (non-hydrogen) atoms. The summed E-state index contributed by atoms with van der Waals surface area (Å²) in [6.45, 7) is 2.11. The minimum absolute atomic E-state index is 0.228. The van der Waals surface area contributed by atoms with Crippen molar-refractivity contribution in [2.24, 2.45) is 0 Å². The molecule has 1 aromatic carbocycles.